The van der Waals surface area contributed by atoms with Crippen molar-refractivity contribution in [1.82, 2.24) is 9.97 Å². The molecule has 9 aromatic rings. The zero-order valence-electron chi connectivity index (χ0n) is 30.9. The fourth-order valence-corrected chi connectivity index (χ4v) is 11.3. The van der Waals surface area contributed by atoms with Crippen molar-refractivity contribution in [2.75, 3.05) is 0 Å². The molecule has 0 spiro atoms. The summed E-state index contributed by atoms with van der Waals surface area (Å²) in [6, 6.07) is 70.1. The molecule has 3 heteroatoms. The summed E-state index contributed by atoms with van der Waals surface area (Å²) < 4.78 is 0. The van der Waals surface area contributed by atoms with Crippen LogP contribution in [-0.2, 0) is 0 Å². The molecule has 0 radical (unpaired) electrons. The molecule has 0 aliphatic carbocycles. The third kappa shape index (κ3) is 5.81. The summed E-state index contributed by atoms with van der Waals surface area (Å²) >= 11 is 0. The first-order valence-electron chi connectivity index (χ1n) is 19.0. The van der Waals surface area contributed by atoms with Crippen LogP contribution in [0.2, 0.25) is 13.1 Å². The quantitative estimate of drug-likeness (QED) is 0.160. The van der Waals surface area contributed by atoms with Gasteiger partial charge < -0.3 is 0 Å². The highest BCUT2D eigenvalue weighted by Gasteiger charge is 2.41. The fourth-order valence-electron chi connectivity index (χ4n) is 8.42. The predicted molar refractivity (Wildman–Crippen MR) is 234 cm³/mol. The monoisotopic (exact) mass is 718 g/mol. The van der Waals surface area contributed by atoms with Crippen LogP contribution in [0.15, 0.2) is 194 Å². The molecule has 1 aliphatic rings. The zero-order valence-corrected chi connectivity index (χ0v) is 31.9. The molecule has 0 N–H and O–H groups in total. The molecule has 2 heterocycles. The van der Waals surface area contributed by atoms with Crippen LogP contribution in [0.25, 0.3) is 89.1 Å². The second-order valence-corrected chi connectivity index (χ2v) is 19.3. The van der Waals surface area contributed by atoms with Gasteiger partial charge in [0.2, 0.25) is 0 Å². The van der Waals surface area contributed by atoms with E-state index in [1.807, 2.05) is 0 Å². The smallest absolute Gasteiger partial charge is 0.159 e. The Kier molecular flexibility index (Phi) is 7.97. The van der Waals surface area contributed by atoms with Crippen molar-refractivity contribution >= 4 is 29.4 Å². The number of benzene rings is 8. The van der Waals surface area contributed by atoms with Crippen LogP contribution in [0, 0.1) is 0 Å². The van der Waals surface area contributed by atoms with E-state index >= 15 is 0 Å². The van der Waals surface area contributed by atoms with E-state index in [1.54, 1.807) is 0 Å². The van der Waals surface area contributed by atoms with Gasteiger partial charge in [0.15, 0.2) is 5.82 Å². The lowest BCUT2D eigenvalue weighted by Gasteiger charge is -2.19. The minimum absolute atomic E-state index is 0.777. The molecule has 0 amide bonds. The lowest BCUT2D eigenvalue weighted by atomic mass is 9.90. The van der Waals surface area contributed by atoms with Crippen LogP contribution in [0.3, 0.4) is 0 Å². The van der Waals surface area contributed by atoms with Gasteiger partial charge in [-0.1, -0.05) is 177 Å². The Morgan fingerprint density at radius 3 is 1.62 bits per heavy atom. The van der Waals surface area contributed by atoms with E-state index in [9.17, 15) is 0 Å². The summed E-state index contributed by atoms with van der Waals surface area (Å²) in [5.74, 6) is 0.777. The molecule has 1 aromatic heterocycles. The Morgan fingerprint density at radius 2 is 0.855 bits per heavy atom. The van der Waals surface area contributed by atoms with Gasteiger partial charge in [0, 0.05) is 22.0 Å². The fraction of sp³-hybridized carbons (Fsp3) is 0.0385. The molecule has 260 valence electrons. The van der Waals surface area contributed by atoms with E-state index in [0.717, 1.165) is 33.8 Å². The maximum absolute atomic E-state index is 5.43. The number of fused-ring (bicyclic) bond motifs is 4. The first-order chi connectivity index (χ1) is 27.0. The summed E-state index contributed by atoms with van der Waals surface area (Å²) in [6.07, 6.45) is 0. The third-order valence-electron chi connectivity index (χ3n) is 11.2. The molecule has 0 bridgehead atoms. The first-order valence-corrected chi connectivity index (χ1v) is 22.0. The van der Waals surface area contributed by atoms with Crippen molar-refractivity contribution < 1.29 is 0 Å². The minimum Gasteiger partial charge on any atom is -0.237 e. The van der Waals surface area contributed by atoms with Crippen molar-refractivity contribution in [2.24, 2.45) is 0 Å². The van der Waals surface area contributed by atoms with Gasteiger partial charge in [-0.25, -0.2) is 9.97 Å². The Morgan fingerprint density at radius 1 is 0.364 bits per heavy atom. The predicted octanol–water partition coefficient (Wildman–Crippen LogP) is 12.4. The standard InChI is InChI=1S/C52H38N2Si/c1-55(2)48-29-12-11-27-47(48)49-50(37-19-7-4-8-20-37)53-51(54-52(49)55)41-25-14-23-39(31-41)38-22-13-24-40(30-38)43-32-42(35-16-5-3-6-17-35)33-44(34-43)46-28-15-21-36-18-9-10-26-45(36)46/h3-34H,1-2H3. The van der Waals surface area contributed by atoms with Crippen molar-refractivity contribution in [3.8, 4) is 78.3 Å². The van der Waals surface area contributed by atoms with Gasteiger partial charge in [0.05, 0.1) is 5.69 Å². The molecule has 8 aromatic carbocycles. The Labute approximate surface area is 323 Å². The van der Waals surface area contributed by atoms with Crippen molar-refractivity contribution in [2.45, 2.75) is 13.1 Å². The van der Waals surface area contributed by atoms with Gasteiger partial charge in [0.25, 0.3) is 0 Å². The molecule has 0 saturated carbocycles. The van der Waals surface area contributed by atoms with Gasteiger partial charge in [-0.05, 0) is 96.4 Å². The minimum atomic E-state index is -2.06. The molecule has 0 saturated heterocycles. The number of hydrogen-bond donors (Lipinski definition) is 0. The van der Waals surface area contributed by atoms with E-state index < -0.39 is 8.07 Å². The normalized spacial score (nSPS) is 12.7. The molecule has 1 aliphatic heterocycles. The van der Waals surface area contributed by atoms with Gasteiger partial charge in [0.1, 0.15) is 8.07 Å². The largest absolute Gasteiger partial charge is 0.237 e. The van der Waals surface area contributed by atoms with E-state index in [1.165, 1.54) is 65.8 Å². The average Bonchev–Trinajstić information content (AvgIpc) is 3.49. The molecular weight excluding hydrogens is 681 g/mol. The van der Waals surface area contributed by atoms with Gasteiger partial charge >= 0.3 is 0 Å². The van der Waals surface area contributed by atoms with Crippen molar-refractivity contribution in [1.29, 1.82) is 0 Å². The molecule has 2 nitrogen and oxygen atoms in total. The number of rotatable bonds is 6. The lowest BCUT2D eigenvalue weighted by Crippen LogP contribution is -2.50. The summed E-state index contributed by atoms with van der Waals surface area (Å²) in [5, 5.41) is 5.14. The topological polar surface area (TPSA) is 25.8 Å². The molecule has 0 unspecified atom stereocenters. The van der Waals surface area contributed by atoms with Crippen LogP contribution in [-0.4, -0.2) is 18.0 Å². The van der Waals surface area contributed by atoms with Gasteiger partial charge in [-0.15, -0.1) is 0 Å². The first kappa shape index (κ1) is 32.9. The Bertz CT molecular complexity index is 2890. The number of hydrogen-bond acceptors (Lipinski definition) is 2. The van der Waals surface area contributed by atoms with Crippen LogP contribution < -0.4 is 10.5 Å². The van der Waals surface area contributed by atoms with Crippen LogP contribution >= 0.6 is 0 Å². The van der Waals surface area contributed by atoms with Crippen LogP contribution in [0.5, 0.6) is 0 Å². The highest BCUT2D eigenvalue weighted by Crippen LogP contribution is 2.39. The summed E-state index contributed by atoms with van der Waals surface area (Å²) in [4.78, 5) is 10.8. The molecule has 0 atom stereocenters. The SMILES string of the molecule is C[Si]1(C)c2ccccc2-c2c(-c3ccccc3)nc(-c3cccc(-c4cccc(-c5cc(-c6ccccc6)cc(-c6cccc7ccccc67)c5)c4)c3)nc21. The van der Waals surface area contributed by atoms with Crippen molar-refractivity contribution in [3.63, 3.8) is 0 Å². The highest BCUT2D eigenvalue weighted by molar-refractivity contribution is 7.03. The average molecular weight is 719 g/mol. The van der Waals surface area contributed by atoms with E-state index in [-0.39, 0.29) is 0 Å². The number of aromatic nitrogens is 2. The van der Waals surface area contributed by atoms with E-state index in [0.29, 0.717) is 0 Å². The highest BCUT2D eigenvalue weighted by atomic mass is 28.3. The van der Waals surface area contributed by atoms with Gasteiger partial charge in [-0.3, -0.25) is 0 Å². The van der Waals surface area contributed by atoms with E-state index in [4.69, 9.17) is 9.97 Å². The summed E-state index contributed by atoms with van der Waals surface area (Å²) in [6.45, 7) is 4.84. The summed E-state index contributed by atoms with van der Waals surface area (Å²) in [5.41, 5.74) is 15.1. The van der Waals surface area contributed by atoms with Gasteiger partial charge in [-0.2, -0.15) is 0 Å². The Balaban J connectivity index is 1.09. The lowest BCUT2D eigenvalue weighted by molar-refractivity contribution is 1.21. The maximum atomic E-state index is 5.43. The zero-order chi connectivity index (χ0) is 36.9. The maximum Gasteiger partial charge on any atom is 0.159 e. The second kappa shape index (κ2) is 13.3. The van der Waals surface area contributed by atoms with Crippen LogP contribution in [0.1, 0.15) is 0 Å². The third-order valence-corrected chi connectivity index (χ3v) is 14.5. The Hall–Kier alpha value is -6.68. The molecule has 55 heavy (non-hydrogen) atoms. The molecule has 10 rings (SSSR count). The van der Waals surface area contributed by atoms with E-state index in [2.05, 4.69) is 207 Å². The molecular formula is C52H38N2Si. The number of nitrogens with zero attached hydrogens (tertiary/aromatic N) is 2. The summed E-state index contributed by atoms with van der Waals surface area (Å²) in [7, 11) is -2.06. The molecule has 0 fully saturated rings. The van der Waals surface area contributed by atoms with Crippen LogP contribution in [0.4, 0.5) is 0 Å². The van der Waals surface area contributed by atoms with Crippen molar-refractivity contribution in [3.05, 3.63) is 194 Å². The second-order valence-electron chi connectivity index (χ2n) is 15.0.